The van der Waals surface area contributed by atoms with Crippen LogP contribution in [0.2, 0.25) is 0 Å². The minimum Gasteiger partial charge on any atom is -0.438 e. The molecule has 13 nitrogen and oxygen atoms in total. The van der Waals surface area contributed by atoms with E-state index in [4.69, 9.17) is 19.7 Å². The Balaban J connectivity index is 0.000000202. The molecule has 4 atom stereocenters. The lowest BCUT2D eigenvalue weighted by atomic mass is 9.80. The van der Waals surface area contributed by atoms with Gasteiger partial charge in [-0.25, -0.2) is 9.59 Å². The number of nitrogens with two attached hydrogens (primary N) is 1. The number of rotatable bonds is 12. The van der Waals surface area contributed by atoms with Crippen molar-refractivity contribution in [3.8, 4) is 11.4 Å². The molecular weight excluding hydrogens is 763 g/mol. The number of hydrogen-bond acceptors (Lipinski definition) is 10. The first-order valence-corrected chi connectivity index (χ1v) is 20.2. The topological polar surface area (TPSA) is 182 Å². The normalized spacial score (nSPS) is 20.6. The summed E-state index contributed by atoms with van der Waals surface area (Å²) in [5, 5.41) is 24.8. The van der Waals surface area contributed by atoms with Crippen LogP contribution in [0.3, 0.4) is 0 Å². The first-order chi connectivity index (χ1) is 28.4. The molecule has 5 aromatic rings. The second-order valence-corrected chi connectivity index (χ2v) is 17.0. The van der Waals surface area contributed by atoms with Crippen LogP contribution in [-0.2, 0) is 20.7 Å². The predicted molar refractivity (Wildman–Crippen MR) is 225 cm³/mol. The number of benzene rings is 4. The van der Waals surface area contributed by atoms with Crippen LogP contribution in [-0.4, -0.2) is 72.5 Å². The third-order valence-electron chi connectivity index (χ3n) is 11.2. The van der Waals surface area contributed by atoms with Crippen molar-refractivity contribution in [1.29, 1.82) is 0 Å². The van der Waals surface area contributed by atoms with Gasteiger partial charge < -0.3 is 39.7 Å². The van der Waals surface area contributed by atoms with Crippen molar-refractivity contribution < 1.29 is 38.6 Å². The summed E-state index contributed by atoms with van der Waals surface area (Å²) >= 11 is 0. The van der Waals surface area contributed by atoms with E-state index in [2.05, 4.69) is 10.1 Å². The molecule has 2 saturated heterocycles. The highest BCUT2D eigenvalue weighted by Gasteiger charge is 2.47. The van der Waals surface area contributed by atoms with Crippen LogP contribution < -0.4 is 5.73 Å². The van der Waals surface area contributed by atoms with Crippen molar-refractivity contribution in [1.82, 2.24) is 19.9 Å². The zero-order chi connectivity index (χ0) is 43.3. The largest absolute Gasteiger partial charge is 0.438 e. The first kappa shape index (κ1) is 43.5. The molecule has 60 heavy (non-hydrogen) atoms. The van der Waals surface area contributed by atoms with Gasteiger partial charge in [0.2, 0.25) is 18.1 Å². The van der Waals surface area contributed by atoms with Crippen molar-refractivity contribution in [2.24, 2.45) is 5.73 Å². The van der Waals surface area contributed by atoms with E-state index >= 15 is 0 Å². The first-order valence-electron chi connectivity index (χ1n) is 20.2. The Morgan fingerprint density at radius 2 is 1.12 bits per heavy atom. The molecule has 4 aromatic carbocycles. The molecule has 2 fully saturated rings. The van der Waals surface area contributed by atoms with Gasteiger partial charge in [0.05, 0.1) is 23.3 Å². The van der Waals surface area contributed by atoms with Crippen molar-refractivity contribution in [3.63, 3.8) is 0 Å². The smallest absolute Gasteiger partial charge is 0.411 e. The Labute approximate surface area is 351 Å². The lowest BCUT2D eigenvalue weighted by Crippen LogP contribution is -2.51. The second-order valence-electron chi connectivity index (χ2n) is 17.0. The van der Waals surface area contributed by atoms with Gasteiger partial charge in [-0.3, -0.25) is 4.79 Å². The van der Waals surface area contributed by atoms with E-state index in [0.29, 0.717) is 50.2 Å². The maximum atomic E-state index is 13.1. The summed E-state index contributed by atoms with van der Waals surface area (Å²) in [6.07, 6.45) is 2.30. The van der Waals surface area contributed by atoms with Crippen LogP contribution in [0.1, 0.15) is 112 Å². The van der Waals surface area contributed by atoms with E-state index in [-0.39, 0.29) is 18.2 Å². The van der Waals surface area contributed by atoms with E-state index in [1.807, 2.05) is 98.8 Å². The third kappa shape index (κ3) is 10.2. The third-order valence-corrected chi connectivity index (χ3v) is 11.2. The second kappa shape index (κ2) is 17.7. The molecule has 3 heterocycles. The summed E-state index contributed by atoms with van der Waals surface area (Å²) in [4.78, 5) is 44.9. The molecule has 2 aliphatic rings. The van der Waals surface area contributed by atoms with Crippen molar-refractivity contribution >= 4 is 18.1 Å². The quantitative estimate of drug-likeness (QED) is 0.111. The summed E-state index contributed by atoms with van der Waals surface area (Å²) < 4.78 is 16.9. The zero-order valence-electron chi connectivity index (χ0n) is 35.1. The van der Waals surface area contributed by atoms with E-state index in [0.717, 1.165) is 27.8 Å². The molecule has 1 aromatic heterocycles. The van der Waals surface area contributed by atoms with Crippen LogP contribution in [0.15, 0.2) is 120 Å². The Morgan fingerprint density at radius 1 is 0.700 bits per heavy atom. The van der Waals surface area contributed by atoms with Gasteiger partial charge in [-0.2, -0.15) is 4.98 Å². The molecule has 0 aliphatic carbocycles. The molecule has 0 radical (unpaired) electrons. The SMILES string of the molecule is C[C@@H](c1ccc(-c2ncon2)cc1)N1CC[C@](CC(C)(C)O)(c2ccccc2)OC1=O.C[C@@H](c1ccc(C(N)=O)cc1)N1CC[C@](CC(C)(C)O)(c2ccccc2)OC1=O. The highest BCUT2D eigenvalue weighted by molar-refractivity contribution is 5.92. The highest BCUT2D eigenvalue weighted by Crippen LogP contribution is 2.44. The molecule has 7 rings (SSSR count). The minimum absolute atomic E-state index is 0.164. The summed E-state index contributed by atoms with van der Waals surface area (Å²) in [5.41, 5.74) is 6.54. The van der Waals surface area contributed by atoms with E-state index in [9.17, 15) is 24.6 Å². The maximum absolute atomic E-state index is 13.1. The fourth-order valence-corrected chi connectivity index (χ4v) is 8.28. The number of hydrogen-bond donors (Lipinski definition) is 3. The lowest BCUT2D eigenvalue weighted by Gasteiger charge is -2.45. The molecule has 0 saturated carbocycles. The zero-order valence-corrected chi connectivity index (χ0v) is 35.1. The molecular formula is C47H55N5O8. The fourth-order valence-electron chi connectivity index (χ4n) is 8.28. The molecule has 316 valence electrons. The average Bonchev–Trinajstić information content (AvgIpc) is 3.76. The van der Waals surface area contributed by atoms with E-state index < -0.39 is 34.4 Å². The van der Waals surface area contributed by atoms with Crippen LogP contribution >= 0.6 is 0 Å². The molecule has 13 heteroatoms. The highest BCUT2D eigenvalue weighted by atomic mass is 16.6. The number of aromatic nitrogens is 2. The van der Waals surface area contributed by atoms with Crippen LogP contribution in [0.5, 0.6) is 0 Å². The molecule has 0 spiro atoms. The molecule has 2 aliphatic heterocycles. The lowest BCUT2D eigenvalue weighted by molar-refractivity contribution is -0.102. The minimum atomic E-state index is -0.992. The summed E-state index contributed by atoms with van der Waals surface area (Å²) in [6, 6.07) is 33.5. The van der Waals surface area contributed by atoms with Crippen LogP contribution in [0.4, 0.5) is 9.59 Å². The fraction of sp³-hybridized carbons (Fsp3) is 0.383. The van der Waals surface area contributed by atoms with Gasteiger partial charge in [0, 0.05) is 49.9 Å². The maximum Gasteiger partial charge on any atom is 0.411 e. The Morgan fingerprint density at radius 3 is 1.47 bits per heavy atom. The monoisotopic (exact) mass is 817 g/mol. The van der Waals surface area contributed by atoms with Crippen molar-refractivity contribution in [3.05, 3.63) is 143 Å². The molecule has 0 unspecified atom stereocenters. The number of primary amides is 1. The standard InChI is InChI=1S/C24H27N3O4.C23H28N2O4/c1-17(18-9-11-19(12-10-18)21-25-16-30-26-21)27-14-13-24(31-22(27)28,15-23(2,3)29)20-7-5-4-6-8-20;1-16(17-9-11-18(12-10-17)20(24)26)25-14-13-23(29-21(25)27,15-22(2,3)28)19-7-5-4-6-8-19/h4-12,16-17,29H,13-15H2,1-3H3;4-12,16,28H,13-15H2,1-3H3,(H2,24,26)/t17-,24-;16-,23-/m00/s1. The average molecular weight is 818 g/mol. The number of ether oxygens (including phenoxy) is 2. The van der Waals surface area contributed by atoms with Gasteiger partial charge >= 0.3 is 12.2 Å². The number of nitrogens with zero attached hydrogens (tertiary/aromatic N) is 4. The number of aliphatic hydroxyl groups is 2. The summed E-state index contributed by atoms with van der Waals surface area (Å²) in [5.74, 6) is 0.0386. The Kier molecular flexibility index (Phi) is 12.8. The van der Waals surface area contributed by atoms with E-state index in [1.165, 1.54) is 6.39 Å². The predicted octanol–water partition coefficient (Wildman–Crippen LogP) is 8.44. The van der Waals surface area contributed by atoms with Gasteiger partial charge in [-0.15, -0.1) is 0 Å². The summed E-state index contributed by atoms with van der Waals surface area (Å²) in [7, 11) is 0. The molecule has 0 bridgehead atoms. The number of carbonyl (C=O) groups is 3. The molecule has 4 N–H and O–H groups in total. The Hall–Kier alpha value is -6.05. The van der Waals surface area contributed by atoms with Gasteiger partial charge in [0.1, 0.15) is 11.2 Å². The van der Waals surface area contributed by atoms with Crippen LogP contribution in [0, 0.1) is 0 Å². The summed E-state index contributed by atoms with van der Waals surface area (Å²) in [6.45, 7) is 11.8. The van der Waals surface area contributed by atoms with Gasteiger partial charge in [-0.05, 0) is 75.9 Å². The van der Waals surface area contributed by atoms with Crippen LogP contribution in [0.25, 0.3) is 11.4 Å². The van der Waals surface area contributed by atoms with Gasteiger partial charge in [-0.1, -0.05) is 102 Å². The number of amides is 3. The number of cyclic esters (lactones) is 2. The molecule has 3 amide bonds. The Bertz CT molecular complexity index is 2200. The van der Waals surface area contributed by atoms with Gasteiger partial charge in [0.25, 0.3) is 0 Å². The number of carbonyl (C=O) groups excluding carboxylic acids is 3. The van der Waals surface area contributed by atoms with Crippen molar-refractivity contribution in [2.75, 3.05) is 13.1 Å². The van der Waals surface area contributed by atoms with E-state index in [1.54, 1.807) is 61.8 Å². The van der Waals surface area contributed by atoms with Crippen molar-refractivity contribution in [2.45, 2.75) is 102 Å². The van der Waals surface area contributed by atoms with Gasteiger partial charge in [0.15, 0.2) is 0 Å².